The lowest BCUT2D eigenvalue weighted by atomic mass is 9.97. The normalized spacial score (nSPS) is 18.8. The lowest BCUT2D eigenvalue weighted by molar-refractivity contribution is -0.138. The van der Waals surface area contributed by atoms with E-state index < -0.39 is 230 Å². The third-order valence-corrected chi connectivity index (χ3v) is 18.7. The van der Waals surface area contributed by atoms with Gasteiger partial charge in [-0.05, 0) is 97.9 Å². The number of fused-ring (bicyclic) bond motifs is 2. The molecular formula is C73H97N19O19S. The van der Waals surface area contributed by atoms with Crippen molar-refractivity contribution in [1.82, 2.24) is 68.8 Å². The first kappa shape index (κ1) is 88.6. The van der Waals surface area contributed by atoms with E-state index in [1.807, 2.05) is 6.07 Å². The monoisotopic (exact) mass is 1580 g/mol. The fraction of sp³-hybridized carbons (Fsp3) is 0.438. The summed E-state index contributed by atoms with van der Waals surface area (Å²) in [5.74, 6) is -17.7. The molecular weight excluding hydrogens is 1480 g/mol. The fourth-order valence-corrected chi connectivity index (χ4v) is 12.7. The number of hydrogen-bond acceptors (Lipinski definition) is 21. The number of aromatic amines is 1. The van der Waals surface area contributed by atoms with Crippen LogP contribution in [0.15, 0.2) is 97.2 Å². The molecule has 604 valence electrons. The first-order valence-corrected chi connectivity index (χ1v) is 36.9. The molecule has 112 heavy (non-hydrogen) atoms. The Kier molecular flexibility index (Phi) is 33.7. The number of rotatable bonds is 35. The zero-order chi connectivity index (χ0) is 82.5. The molecule has 0 aliphatic carbocycles. The Bertz CT molecular complexity index is 4290. The smallest absolute Gasteiger partial charge is 0.245 e. The summed E-state index contributed by atoms with van der Waals surface area (Å²) in [6.45, 7) is 4.24. The van der Waals surface area contributed by atoms with Crippen LogP contribution in [0.1, 0.15) is 95.8 Å². The van der Waals surface area contributed by atoms with E-state index in [0.717, 1.165) is 31.0 Å². The van der Waals surface area contributed by atoms with E-state index >= 15 is 19.2 Å². The van der Waals surface area contributed by atoms with Crippen LogP contribution in [-0.2, 0) is 101 Å². The molecule has 17 amide bonds. The summed E-state index contributed by atoms with van der Waals surface area (Å²) >= 11 is 0.919. The van der Waals surface area contributed by atoms with Gasteiger partial charge in [-0.15, -0.1) is 0 Å². The maximum absolute atomic E-state index is 15.5. The van der Waals surface area contributed by atoms with Crippen LogP contribution in [0.3, 0.4) is 0 Å². The predicted octanol–water partition coefficient (Wildman–Crippen LogP) is -5.76. The van der Waals surface area contributed by atoms with Crippen LogP contribution in [0, 0.1) is 0 Å². The van der Waals surface area contributed by atoms with Gasteiger partial charge >= 0.3 is 0 Å². The minimum atomic E-state index is -2.06. The number of nitrogens with two attached hydrogens (primary N) is 6. The first-order valence-electron chi connectivity index (χ1n) is 35.7. The topological polar surface area (TPSA) is 636 Å². The largest absolute Gasteiger partial charge is 0.492 e. The van der Waals surface area contributed by atoms with Crippen molar-refractivity contribution in [3.05, 3.63) is 114 Å². The molecule has 1 aromatic heterocycles. The molecule has 39 heteroatoms. The maximum Gasteiger partial charge on any atom is 0.245 e. The lowest BCUT2D eigenvalue weighted by Crippen LogP contribution is -2.64. The average Bonchev–Trinajstić information content (AvgIpc) is 1.51. The van der Waals surface area contributed by atoms with E-state index in [0.29, 0.717) is 38.7 Å². The van der Waals surface area contributed by atoms with Gasteiger partial charge in [-0.1, -0.05) is 72.8 Å². The minimum absolute atomic E-state index is 0.119. The van der Waals surface area contributed by atoms with E-state index in [9.17, 15) is 67.4 Å². The van der Waals surface area contributed by atoms with Gasteiger partial charge in [0.05, 0.1) is 19.1 Å². The third-order valence-electron chi connectivity index (χ3n) is 17.6. The second-order valence-corrected chi connectivity index (χ2v) is 28.4. The SMILES string of the molecule is CC(=O)N[C@H]1CCSC[C@@H](C(=O)N[C@@H](Cc2ccc(OCCN)cc2)C(=O)N[C@@H](Cc2ccc3ccccc3c2)C(=O)NC(C)(C)C(=O)N[C@@H](CCC(N)=O)C(=O)N[C@@H](CC(N)=O)C(=O)NCC(N)=O)NC(=O)[C@H](CCC(N)=O)NC(=O)[C@H](Cc2c[nH]c3ccccc23)NC(=O)[C@H]([C@@H](C)O)NC(=O)[C@H](CCC(N)=O)NC1=O. The average molecular weight is 1580 g/mol. The molecule has 0 spiro atoms. The van der Waals surface area contributed by atoms with Crippen LogP contribution in [0.4, 0.5) is 0 Å². The highest BCUT2D eigenvalue weighted by Gasteiger charge is 2.40. The number of aliphatic hydroxyl groups is 1. The van der Waals surface area contributed by atoms with Gasteiger partial charge in [0, 0.05) is 74.8 Å². The number of ether oxygens (including phenoxy) is 1. The molecule has 26 N–H and O–H groups in total. The van der Waals surface area contributed by atoms with E-state index in [1.165, 1.54) is 13.8 Å². The molecule has 0 bridgehead atoms. The summed E-state index contributed by atoms with van der Waals surface area (Å²) in [5.41, 5.74) is 32.5. The Morgan fingerprint density at radius 1 is 0.598 bits per heavy atom. The highest BCUT2D eigenvalue weighted by atomic mass is 32.2. The van der Waals surface area contributed by atoms with Crippen molar-refractivity contribution in [3.8, 4) is 5.75 Å². The van der Waals surface area contributed by atoms with Crippen molar-refractivity contribution >= 4 is 134 Å². The zero-order valence-corrected chi connectivity index (χ0v) is 62.9. The molecule has 0 saturated carbocycles. The fourth-order valence-electron chi connectivity index (χ4n) is 11.7. The Labute approximate surface area is 646 Å². The number of primary amides is 5. The van der Waals surface area contributed by atoms with Crippen molar-refractivity contribution < 1.29 is 91.4 Å². The number of H-pyrrole nitrogens is 1. The van der Waals surface area contributed by atoms with Crippen LogP contribution in [0.2, 0.25) is 0 Å². The molecule has 1 saturated heterocycles. The van der Waals surface area contributed by atoms with E-state index in [4.69, 9.17) is 39.1 Å². The predicted molar refractivity (Wildman–Crippen MR) is 406 cm³/mol. The van der Waals surface area contributed by atoms with Crippen molar-refractivity contribution in [3.63, 3.8) is 0 Å². The van der Waals surface area contributed by atoms with Crippen LogP contribution in [0.25, 0.3) is 21.7 Å². The summed E-state index contributed by atoms with van der Waals surface area (Å²) in [5, 5.41) is 43.1. The number of para-hydroxylation sites is 1. The lowest BCUT2D eigenvalue weighted by Gasteiger charge is -2.31. The first-order chi connectivity index (χ1) is 53.0. The Hall–Kier alpha value is -12.3. The number of benzene rings is 4. The standard InChI is InChI=1S/C73H97N19O19S/c1-37(93)61-71(109)88-53(32-43-34-80-46-12-8-7-11-45(43)46)68(106)84-47(19-22-56(75)95)63(101)89-55(36-112-28-25-50(82-38(2)94)65(103)83-48(66(104)91-61)20-23-57(76)96)69(107)85-51(30-39-14-17-44(18-15-39)111-27-26-74)67(105)86-52(31-40-13-16-41-9-5-6-10-42(41)29-40)70(108)92-73(3,4)72(110)90-49(21-24-58(77)97)64(102)87-54(33-59(78)98)62(100)81-35-60(79)99/h5-18,29,34,37,47-55,61,80,93H,19-28,30-33,35-36,74H2,1-4H3,(H2,75,95)(H2,76,96)(H2,77,97)(H2,78,98)(H2,79,99)(H,81,100)(H,82,94)(H,83,103)(H,84,106)(H,85,107)(H,86,105)(H,87,102)(H,88,109)(H,89,101)(H,90,110)(H,91,104)(H,92,108)/t37-,47+,48+,49+,50+,51+,52+,53+,54+,55+,61+/m1/s1. The Morgan fingerprint density at radius 2 is 1.17 bits per heavy atom. The van der Waals surface area contributed by atoms with Gasteiger partial charge in [-0.3, -0.25) is 81.5 Å². The summed E-state index contributed by atoms with van der Waals surface area (Å²) in [4.78, 5) is 237. The zero-order valence-electron chi connectivity index (χ0n) is 62.1. The van der Waals surface area contributed by atoms with Crippen LogP contribution >= 0.6 is 11.8 Å². The van der Waals surface area contributed by atoms with Crippen molar-refractivity contribution in [2.24, 2.45) is 34.4 Å². The van der Waals surface area contributed by atoms with Gasteiger partial charge in [-0.2, -0.15) is 11.8 Å². The highest BCUT2D eigenvalue weighted by Crippen LogP contribution is 2.23. The molecule has 0 unspecified atom stereocenters. The van der Waals surface area contributed by atoms with E-state index in [2.05, 4.69) is 68.8 Å². The van der Waals surface area contributed by atoms with Crippen molar-refractivity contribution in [2.45, 2.75) is 170 Å². The number of carbonyl (C=O) groups is 17. The molecule has 1 aliphatic heterocycles. The summed E-state index contributed by atoms with van der Waals surface area (Å²) in [6.07, 6.45) is -5.35. The summed E-state index contributed by atoms with van der Waals surface area (Å²) < 4.78 is 5.69. The van der Waals surface area contributed by atoms with Crippen LogP contribution < -0.4 is 103 Å². The number of thioether (sulfide) groups is 1. The number of nitrogens with one attached hydrogen (secondary N) is 13. The molecule has 0 radical (unpaired) electrons. The number of amides is 17. The number of aliphatic hydroxyl groups excluding tert-OH is 1. The van der Waals surface area contributed by atoms with E-state index in [1.54, 1.807) is 91.1 Å². The van der Waals surface area contributed by atoms with Crippen LogP contribution in [-0.4, -0.2) is 214 Å². The summed E-state index contributed by atoms with van der Waals surface area (Å²) in [7, 11) is 0. The molecule has 11 atom stereocenters. The second-order valence-electron chi connectivity index (χ2n) is 27.2. The summed E-state index contributed by atoms with van der Waals surface area (Å²) in [6, 6.07) is 8.36. The number of aromatic nitrogens is 1. The van der Waals surface area contributed by atoms with E-state index in [-0.39, 0.29) is 44.6 Å². The molecule has 6 rings (SSSR count). The second kappa shape index (κ2) is 42.6. The Balaban J connectivity index is 1.43. The van der Waals surface area contributed by atoms with Gasteiger partial charge in [-0.25, -0.2) is 0 Å². The van der Waals surface area contributed by atoms with Gasteiger partial charge in [0.25, 0.3) is 0 Å². The molecule has 1 aliphatic rings. The third kappa shape index (κ3) is 28.3. The van der Waals surface area contributed by atoms with Gasteiger partial charge < -0.3 is 113 Å². The van der Waals surface area contributed by atoms with Gasteiger partial charge in [0.1, 0.15) is 78.3 Å². The van der Waals surface area contributed by atoms with Gasteiger partial charge in [0.15, 0.2) is 0 Å². The molecule has 4 aromatic carbocycles. The minimum Gasteiger partial charge on any atom is -0.492 e. The van der Waals surface area contributed by atoms with Crippen molar-refractivity contribution in [2.75, 3.05) is 31.2 Å². The highest BCUT2D eigenvalue weighted by molar-refractivity contribution is 7.99. The van der Waals surface area contributed by atoms with Gasteiger partial charge in [0.2, 0.25) is 100 Å². The molecule has 1 fully saturated rings. The maximum atomic E-state index is 15.5. The quantitative estimate of drug-likeness (QED) is 0.0180. The number of carbonyl (C=O) groups excluding carboxylic acids is 17. The van der Waals surface area contributed by atoms with Crippen LogP contribution in [0.5, 0.6) is 5.75 Å². The van der Waals surface area contributed by atoms with Crippen molar-refractivity contribution in [1.29, 1.82) is 0 Å². The number of hydrogen-bond donors (Lipinski definition) is 20. The molecule has 5 aromatic rings. The Morgan fingerprint density at radius 3 is 1.79 bits per heavy atom. The molecule has 2 heterocycles. The molecule has 38 nitrogen and oxygen atoms in total.